The van der Waals surface area contributed by atoms with Crippen LogP contribution in [0.4, 0.5) is 4.39 Å². The van der Waals surface area contributed by atoms with E-state index in [9.17, 15) is 19.7 Å². The number of piperidine rings is 1. The summed E-state index contributed by atoms with van der Waals surface area (Å²) in [7, 11) is 0. The molecule has 0 aromatic rings. The second kappa shape index (κ2) is 6.49. The Hall–Kier alpha value is -0.230. The highest BCUT2D eigenvalue weighted by atomic mass is 19.1. The summed E-state index contributed by atoms with van der Waals surface area (Å²) in [5.41, 5.74) is -1.10. The molecule has 4 atom stereocenters. The topological polar surface area (TPSA) is 63.9 Å². The molecule has 0 amide bonds. The zero-order valence-corrected chi connectivity index (χ0v) is 13.4. The Morgan fingerprint density at radius 1 is 1.05 bits per heavy atom. The highest BCUT2D eigenvalue weighted by Gasteiger charge is 2.40. The monoisotopic (exact) mass is 303 g/mol. The number of β-amino-alcohol motifs (C(OH)–C–C–N with tert-alkyl or cyclic N) is 1. The summed E-state index contributed by atoms with van der Waals surface area (Å²) in [4.78, 5) is 2.06. The van der Waals surface area contributed by atoms with Crippen molar-refractivity contribution >= 4 is 0 Å². The van der Waals surface area contributed by atoms with Gasteiger partial charge in [-0.3, -0.25) is 4.90 Å². The SMILES string of the molecule is C[C@@H]1[C@@H](O)[C@H](O)[C@@H](O)CN1C[C@H]1CC[C@@H](C(C)(C)F)CC1. The summed E-state index contributed by atoms with van der Waals surface area (Å²) in [6.45, 7) is 6.42. The number of hydrogen-bond donors (Lipinski definition) is 3. The number of nitrogens with zero attached hydrogens (tertiary/aromatic N) is 1. The molecule has 0 aromatic heterocycles. The highest BCUT2D eigenvalue weighted by molar-refractivity contribution is 4.93. The van der Waals surface area contributed by atoms with Gasteiger partial charge in [0.25, 0.3) is 0 Å². The van der Waals surface area contributed by atoms with E-state index in [0.717, 1.165) is 32.2 Å². The number of hydrogen-bond acceptors (Lipinski definition) is 4. The molecule has 3 N–H and O–H groups in total. The van der Waals surface area contributed by atoms with Crippen LogP contribution in [-0.2, 0) is 0 Å². The molecule has 2 rings (SSSR count). The van der Waals surface area contributed by atoms with Gasteiger partial charge >= 0.3 is 0 Å². The van der Waals surface area contributed by atoms with Gasteiger partial charge in [-0.2, -0.15) is 0 Å². The van der Waals surface area contributed by atoms with Crippen molar-refractivity contribution in [1.82, 2.24) is 4.90 Å². The van der Waals surface area contributed by atoms with E-state index in [1.807, 2.05) is 6.92 Å². The van der Waals surface area contributed by atoms with Gasteiger partial charge in [0.15, 0.2) is 0 Å². The van der Waals surface area contributed by atoms with Crippen molar-refractivity contribution in [3.63, 3.8) is 0 Å². The van der Waals surface area contributed by atoms with Gasteiger partial charge < -0.3 is 15.3 Å². The molecule has 2 aliphatic rings. The number of aliphatic hydroxyl groups excluding tert-OH is 3. The fourth-order valence-electron chi connectivity index (χ4n) is 3.85. The van der Waals surface area contributed by atoms with Crippen LogP contribution < -0.4 is 0 Å². The van der Waals surface area contributed by atoms with E-state index in [1.54, 1.807) is 13.8 Å². The van der Waals surface area contributed by atoms with E-state index in [2.05, 4.69) is 4.90 Å². The number of halogens is 1. The van der Waals surface area contributed by atoms with Gasteiger partial charge in [-0.05, 0) is 58.3 Å². The number of alkyl halides is 1. The molecule has 0 unspecified atom stereocenters. The third-order valence-electron chi connectivity index (χ3n) is 5.55. The molecule has 2 fully saturated rings. The van der Waals surface area contributed by atoms with Crippen molar-refractivity contribution in [2.45, 2.75) is 76.5 Å². The molecular formula is C16H30FNO3. The zero-order chi connectivity index (χ0) is 15.8. The summed E-state index contributed by atoms with van der Waals surface area (Å²) in [5.74, 6) is 0.631. The largest absolute Gasteiger partial charge is 0.389 e. The molecule has 1 heterocycles. The van der Waals surface area contributed by atoms with Crippen LogP contribution in [0.3, 0.4) is 0 Å². The smallest absolute Gasteiger partial charge is 0.108 e. The maximum atomic E-state index is 14.0. The van der Waals surface area contributed by atoms with Crippen molar-refractivity contribution < 1.29 is 19.7 Å². The van der Waals surface area contributed by atoms with Crippen molar-refractivity contribution in [2.75, 3.05) is 13.1 Å². The predicted molar refractivity (Wildman–Crippen MR) is 79.7 cm³/mol. The van der Waals surface area contributed by atoms with E-state index in [4.69, 9.17) is 0 Å². The van der Waals surface area contributed by atoms with E-state index in [-0.39, 0.29) is 12.0 Å². The van der Waals surface area contributed by atoms with Crippen molar-refractivity contribution in [3.8, 4) is 0 Å². The van der Waals surface area contributed by atoms with Crippen LogP contribution >= 0.6 is 0 Å². The third kappa shape index (κ3) is 3.95. The fraction of sp³-hybridized carbons (Fsp3) is 1.00. The molecule has 4 nitrogen and oxygen atoms in total. The third-order valence-corrected chi connectivity index (χ3v) is 5.55. The first-order valence-electron chi connectivity index (χ1n) is 8.17. The lowest BCUT2D eigenvalue weighted by molar-refractivity contribution is -0.136. The van der Waals surface area contributed by atoms with Gasteiger partial charge in [-0.25, -0.2) is 4.39 Å². The second-order valence-corrected chi connectivity index (χ2v) is 7.53. The Kier molecular flexibility index (Phi) is 5.29. The average Bonchev–Trinajstić information content (AvgIpc) is 2.42. The first-order valence-corrected chi connectivity index (χ1v) is 8.17. The molecule has 0 bridgehead atoms. The van der Waals surface area contributed by atoms with Crippen molar-refractivity contribution in [3.05, 3.63) is 0 Å². The molecule has 0 radical (unpaired) electrons. The lowest BCUT2D eigenvalue weighted by Gasteiger charge is -2.44. The quantitative estimate of drug-likeness (QED) is 0.736. The van der Waals surface area contributed by atoms with Gasteiger partial charge in [-0.1, -0.05) is 0 Å². The van der Waals surface area contributed by atoms with Crippen LogP contribution in [0.2, 0.25) is 0 Å². The minimum Gasteiger partial charge on any atom is -0.389 e. The van der Waals surface area contributed by atoms with Gasteiger partial charge in [0.1, 0.15) is 11.8 Å². The summed E-state index contributed by atoms with van der Waals surface area (Å²) in [5, 5.41) is 29.5. The molecule has 21 heavy (non-hydrogen) atoms. The minimum absolute atomic E-state index is 0.144. The van der Waals surface area contributed by atoms with E-state index in [0.29, 0.717) is 12.5 Å². The Morgan fingerprint density at radius 3 is 2.14 bits per heavy atom. The maximum Gasteiger partial charge on any atom is 0.108 e. The molecule has 1 saturated carbocycles. The molecule has 5 heteroatoms. The normalized spacial score (nSPS) is 43.0. The van der Waals surface area contributed by atoms with Crippen LogP contribution in [0.25, 0.3) is 0 Å². The average molecular weight is 303 g/mol. The van der Waals surface area contributed by atoms with E-state index >= 15 is 0 Å². The summed E-state index contributed by atoms with van der Waals surface area (Å²) >= 11 is 0. The summed E-state index contributed by atoms with van der Waals surface area (Å²) < 4.78 is 14.0. The first-order chi connectivity index (χ1) is 9.70. The Balaban J connectivity index is 1.86. The first kappa shape index (κ1) is 17.1. The van der Waals surface area contributed by atoms with Crippen molar-refractivity contribution in [1.29, 1.82) is 0 Å². The highest BCUT2D eigenvalue weighted by Crippen LogP contribution is 2.38. The zero-order valence-electron chi connectivity index (χ0n) is 13.4. The molecule has 1 saturated heterocycles. The Morgan fingerprint density at radius 2 is 1.62 bits per heavy atom. The van der Waals surface area contributed by atoms with Gasteiger partial charge in [0, 0.05) is 19.1 Å². The van der Waals surface area contributed by atoms with Crippen LogP contribution in [0.1, 0.15) is 46.5 Å². The van der Waals surface area contributed by atoms with Crippen LogP contribution in [-0.4, -0.2) is 63.3 Å². The van der Waals surface area contributed by atoms with Crippen LogP contribution in [0.15, 0.2) is 0 Å². The lowest BCUT2D eigenvalue weighted by Crippen LogP contribution is -2.61. The number of likely N-dealkylation sites (tertiary alicyclic amines) is 1. The van der Waals surface area contributed by atoms with Gasteiger partial charge in [0.2, 0.25) is 0 Å². The molecular weight excluding hydrogens is 273 g/mol. The number of aliphatic hydroxyl groups is 3. The number of rotatable bonds is 3. The standard InChI is InChI=1S/C16H30FNO3/c1-10-14(20)15(21)13(19)9-18(10)8-11-4-6-12(7-5-11)16(2,3)17/h10-15,19-21H,4-9H2,1-3H3/t10-,11-,12+,13+,14-,15-/m1/s1. The molecule has 0 spiro atoms. The molecule has 1 aliphatic heterocycles. The van der Waals surface area contributed by atoms with Crippen molar-refractivity contribution in [2.24, 2.45) is 11.8 Å². The lowest BCUT2D eigenvalue weighted by atomic mass is 9.75. The van der Waals surface area contributed by atoms with E-state index < -0.39 is 24.0 Å². The molecule has 124 valence electrons. The Labute approximate surface area is 127 Å². The maximum absolute atomic E-state index is 14.0. The second-order valence-electron chi connectivity index (χ2n) is 7.53. The van der Waals surface area contributed by atoms with Crippen LogP contribution in [0.5, 0.6) is 0 Å². The fourth-order valence-corrected chi connectivity index (χ4v) is 3.85. The minimum atomic E-state index is -1.10. The van der Waals surface area contributed by atoms with Gasteiger partial charge in [-0.15, -0.1) is 0 Å². The molecule has 0 aromatic carbocycles. The predicted octanol–water partition coefficient (Wildman–Crippen LogP) is 1.33. The van der Waals surface area contributed by atoms with Gasteiger partial charge in [0.05, 0.1) is 12.2 Å². The van der Waals surface area contributed by atoms with Crippen LogP contribution in [0, 0.1) is 11.8 Å². The summed E-state index contributed by atoms with van der Waals surface area (Å²) in [6.07, 6.45) is 0.951. The molecule has 1 aliphatic carbocycles. The van der Waals surface area contributed by atoms with E-state index in [1.165, 1.54) is 0 Å². The summed E-state index contributed by atoms with van der Waals surface area (Å²) in [6, 6.07) is -0.154. The Bertz CT molecular complexity index is 339.